The molecule has 2 aliphatic rings. The lowest BCUT2D eigenvalue weighted by Gasteiger charge is -2.39. The van der Waals surface area contributed by atoms with Crippen LogP contribution in [0.2, 0.25) is 5.02 Å². The number of pyridine rings is 1. The lowest BCUT2D eigenvalue weighted by atomic mass is 9.98. The van der Waals surface area contributed by atoms with Crippen molar-refractivity contribution in [3.8, 4) is 11.5 Å². The SMILES string of the molecule is O=C(O)c1cc(Cl)c2c(c1)nc(-c1cc3cccnc3n1CC1CC1)n2CC1CN(C(=O)c2ccccc2)C1. The highest BCUT2D eigenvalue weighted by Crippen LogP contribution is 2.38. The van der Waals surface area contributed by atoms with Crippen LogP contribution in [0, 0.1) is 11.8 Å². The van der Waals surface area contributed by atoms with Crippen LogP contribution in [-0.2, 0) is 13.1 Å². The minimum Gasteiger partial charge on any atom is -0.478 e. The number of halogens is 1. The second kappa shape index (κ2) is 9.24. The van der Waals surface area contributed by atoms with Gasteiger partial charge in [0, 0.05) is 49.2 Å². The van der Waals surface area contributed by atoms with Crippen LogP contribution >= 0.6 is 11.6 Å². The zero-order valence-electron chi connectivity index (χ0n) is 21.1. The van der Waals surface area contributed by atoms with Crippen molar-refractivity contribution in [3.05, 3.63) is 83.0 Å². The van der Waals surface area contributed by atoms with Crippen molar-refractivity contribution in [2.24, 2.45) is 11.8 Å². The van der Waals surface area contributed by atoms with Crippen LogP contribution in [0.4, 0.5) is 0 Å². The minimum absolute atomic E-state index is 0.0299. The molecule has 0 radical (unpaired) electrons. The van der Waals surface area contributed by atoms with Gasteiger partial charge < -0.3 is 19.1 Å². The molecule has 7 rings (SSSR count). The molecular formula is C30H26ClN5O3. The van der Waals surface area contributed by atoms with Gasteiger partial charge in [-0.15, -0.1) is 0 Å². The Kier molecular flexibility index (Phi) is 5.66. The molecule has 2 fully saturated rings. The van der Waals surface area contributed by atoms with Gasteiger partial charge in [0.15, 0.2) is 5.82 Å². The van der Waals surface area contributed by atoms with Crippen LogP contribution in [0.1, 0.15) is 33.6 Å². The van der Waals surface area contributed by atoms with Crippen molar-refractivity contribution in [1.82, 2.24) is 24.0 Å². The van der Waals surface area contributed by atoms with Gasteiger partial charge in [-0.3, -0.25) is 4.79 Å². The van der Waals surface area contributed by atoms with Crippen LogP contribution < -0.4 is 0 Å². The summed E-state index contributed by atoms with van der Waals surface area (Å²) in [5.74, 6) is 0.549. The summed E-state index contributed by atoms with van der Waals surface area (Å²) in [6.45, 7) is 2.72. The summed E-state index contributed by atoms with van der Waals surface area (Å²) in [6, 6.07) is 18.5. The van der Waals surface area contributed by atoms with E-state index in [1.807, 2.05) is 41.3 Å². The predicted octanol–water partition coefficient (Wildman–Crippen LogP) is 5.59. The Balaban J connectivity index is 1.30. The summed E-state index contributed by atoms with van der Waals surface area (Å²) in [7, 11) is 0. The van der Waals surface area contributed by atoms with Gasteiger partial charge in [-0.2, -0.15) is 0 Å². The van der Waals surface area contributed by atoms with E-state index in [0.717, 1.165) is 29.1 Å². The monoisotopic (exact) mass is 539 g/mol. The number of benzene rings is 2. The standard InChI is InChI=1S/C30H26ClN5O3/c31-23-11-22(30(38)39)12-24-26(23)36(17-19-14-34(15-19)29(37)20-5-2-1-3-6-20)28(33-24)25-13-21-7-4-10-32-27(21)35(25)16-18-8-9-18/h1-7,10-13,18-19H,8-9,14-17H2,(H,38,39). The smallest absolute Gasteiger partial charge is 0.335 e. The fourth-order valence-electron chi connectivity index (χ4n) is 5.60. The molecule has 1 saturated carbocycles. The maximum atomic E-state index is 12.9. The summed E-state index contributed by atoms with van der Waals surface area (Å²) in [6.07, 6.45) is 4.20. The number of carbonyl (C=O) groups is 2. The van der Waals surface area contributed by atoms with Crippen LogP contribution in [0.3, 0.4) is 0 Å². The van der Waals surface area contributed by atoms with Crippen LogP contribution in [-0.4, -0.2) is 54.1 Å². The highest BCUT2D eigenvalue weighted by Gasteiger charge is 2.33. The van der Waals surface area contributed by atoms with Crippen molar-refractivity contribution in [2.45, 2.75) is 25.9 Å². The molecule has 3 aromatic heterocycles. The second-order valence-electron chi connectivity index (χ2n) is 10.6. The van der Waals surface area contributed by atoms with E-state index in [1.165, 1.54) is 18.9 Å². The Bertz CT molecular complexity index is 1750. The third-order valence-corrected chi connectivity index (χ3v) is 8.06. The van der Waals surface area contributed by atoms with Crippen molar-refractivity contribution in [3.63, 3.8) is 0 Å². The quantitative estimate of drug-likeness (QED) is 0.291. The highest BCUT2D eigenvalue weighted by atomic mass is 35.5. The van der Waals surface area contributed by atoms with Crippen molar-refractivity contribution < 1.29 is 14.7 Å². The zero-order valence-corrected chi connectivity index (χ0v) is 21.9. The number of aromatic carboxylic acids is 1. The van der Waals surface area contributed by atoms with Gasteiger partial charge in [0.05, 0.1) is 27.3 Å². The number of carbonyl (C=O) groups excluding carboxylic acids is 1. The number of carboxylic acid groups (broad SMARTS) is 1. The van der Waals surface area contributed by atoms with E-state index in [4.69, 9.17) is 16.6 Å². The Morgan fingerprint density at radius 2 is 1.69 bits per heavy atom. The maximum absolute atomic E-state index is 12.9. The molecule has 0 atom stereocenters. The number of hydrogen-bond acceptors (Lipinski definition) is 4. The first-order valence-electron chi connectivity index (χ1n) is 13.2. The first-order valence-corrected chi connectivity index (χ1v) is 13.6. The van der Waals surface area contributed by atoms with E-state index in [9.17, 15) is 14.7 Å². The molecule has 5 aromatic rings. The second-order valence-corrected chi connectivity index (χ2v) is 11.0. The van der Waals surface area contributed by atoms with E-state index in [-0.39, 0.29) is 17.4 Å². The van der Waals surface area contributed by atoms with Gasteiger partial charge in [-0.1, -0.05) is 29.8 Å². The predicted molar refractivity (Wildman–Crippen MR) is 149 cm³/mol. The van der Waals surface area contributed by atoms with Gasteiger partial charge in [-0.05, 0) is 61.2 Å². The molecule has 1 amide bonds. The van der Waals surface area contributed by atoms with Gasteiger partial charge >= 0.3 is 5.97 Å². The number of hydrogen-bond donors (Lipinski definition) is 1. The molecule has 0 unspecified atom stereocenters. The Hall–Kier alpha value is -4.17. The number of fused-ring (bicyclic) bond motifs is 2. The molecule has 1 aliphatic heterocycles. The number of nitrogens with zero attached hydrogens (tertiary/aromatic N) is 5. The molecule has 2 aromatic carbocycles. The van der Waals surface area contributed by atoms with Crippen LogP contribution in [0.5, 0.6) is 0 Å². The maximum Gasteiger partial charge on any atom is 0.335 e. The van der Waals surface area contributed by atoms with E-state index >= 15 is 0 Å². The summed E-state index contributed by atoms with van der Waals surface area (Å²) in [4.78, 5) is 36.2. The molecule has 196 valence electrons. The third-order valence-electron chi connectivity index (χ3n) is 7.77. The first-order chi connectivity index (χ1) is 19.0. The van der Waals surface area contributed by atoms with Gasteiger partial charge in [-0.25, -0.2) is 14.8 Å². The Morgan fingerprint density at radius 3 is 2.44 bits per heavy atom. The van der Waals surface area contributed by atoms with Crippen LogP contribution in [0.25, 0.3) is 33.6 Å². The summed E-state index contributed by atoms with van der Waals surface area (Å²) in [5.41, 5.74) is 3.90. The van der Waals surface area contributed by atoms with Crippen molar-refractivity contribution in [2.75, 3.05) is 13.1 Å². The average Bonchev–Trinajstić information content (AvgIpc) is 3.56. The molecule has 1 aliphatic carbocycles. The normalized spacial score (nSPS) is 15.7. The lowest BCUT2D eigenvalue weighted by molar-refractivity contribution is 0.0471. The highest BCUT2D eigenvalue weighted by molar-refractivity contribution is 6.35. The summed E-state index contributed by atoms with van der Waals surface area (Å²) in [5, 5.41) is 11.0. The van der Waals surface area contributed by atoms with Crippen molar-refractivity contribution in [1.29, 1.82) is 0 Å². The average molecular weight is 540 g/mol. The fourth-order valence-corrected chi connectivity index (χ4v) is 5.92. The number of likely N-dealkylation sites (tertiary alicyclic amines) is 1. The molecule has 9 heteroatoms. The summed E-state index contributed by atoms with van der Waals surface area (Å²) >= 11 is 6.72. The van der Waals surface area contributed by atoms with Crippen LogP contribution in [0.15, 0.2) is 66.9 Å². The van der Waals surface area contributed by atoms with E-state index < -0.39 is 5.97 Å². The topological polar surface area (TPSA) is 93.2 Å². The number of rotatable bonds is 7. The van der Waals surface area contributed by atoms with E-state index in [1.54, 1.807) is 12.3 Å². The van der Waals surface area contributed by atoms with Gasteiger partial charge in [0.1, 0.15) is 5.65 Å². The largest absolute Gasteiger partial charge is 0.478 e. The molecule has 0 spiro atoms. The molecule has 0 bridgehead atoms. The fraction of sp³-hybridized carbons (Fsp3) is 0.267. The van der Waals surface area contributed by atoms with Gasteiger partial charge in [0.25, 0.3) is 5.91 Å². The molecule has 1 N–H and O–H groups in total. The van der Waals surface area contributed by atoms with Gasteiger partial charge in [0.2, 0.25) is 0 Å². The summed E-state index contributed by atoms with van der Waals surface area (Å²) < 4.78 is 4.35. The Labute approximate surface area is 229 Å². The lowest BCUT2D eigenvalue weighted by Crippen LogP contribution is -2.51. The van der Waals surface area contributed by atoms with E-state index in [0.29, 0.717) is 47.2 Å². The molecule has 39 heavy (non-hydrogen) atoms. The number of carboxylic acids is 1. The first kappa shape index (κ1) is 23.9. The van der Waals surface area contributed by atoms with Crippen molar-refractivity contribution >= 4 is 45.5 Å². The zero-order chi connectivity index (χ0) is 26.7. The molecule has 4 heterocycles. The molecule has 1 saturated heterocycles. The minimum atomic E-state index is -1.05. The molecular weight excluding hydrogens is 514 g/mol. The Morgan fingerprint density at radius 1 is 0.923 bits per heavy atom. The third kappa shape index (κ3) is 4.25. The number of aromatic nitrogens is 4. The number of imidazole rings is 1. The molecule has 8 nitrogen and oxygen atoms in total. The number of amides is 1. The van der Waals surface area contributed by atoms with E-state index in [2.05, 4.69) is 26.3 Å².